The molecule has 0 bridgehead atoms. The second-order valence-corrected chi connectivity index (χ2v) is 7.65. The summed E-state index contributed by atoms with van der Waals surface area (Å²) >= 11 is 0. The number of halogens is 2. The maximum Gasteiger partial charge on any atom is 0.242 e. The second-order valence-electron chi connectivity index (χ2n) is 7.65. The lowest BCUT2D eigenvalue weighted by Crippen LogP contribution is -2.42. The highest BCUT2D eigenvalue weighted by Crippen LogP contribution is 2.51. The number of fused-ring (bicyclic) bond motifs is 2. The van der Waals surface area contributed by atoms with Crippen molar-refractivity contribution >= 4 is 23.0 Å². The summed E-state index contributed by atoms with van der Waals surface area (Å²) in [7, 11) is 0. The van der Waals surface area contributed by atoms with Gasteiger partial charge in [0.2, 0.25) is 5.91 Å². The molecule has 3 aromatic rings. The number of rotatable bonds is 4. The predicted molar refractivity (Wildman–Crippen MR) is 108 cm³/mol. The van der Waals surface area contributed by atoms with Crippen LogP contribution in [0.5, 0.6) is 0 Å². The Hall–Kier alpha value is -3.19. The van der Waals surface area contributed by atoms with Crippen LogP contribution in [-0.4, -0.2) is 19.1 Å². The minimum Gasteiger partial charge on any atom is -0.470 e. The lowest BCUT2D eigenvalue weighted by Gasteiger charge is -2.32. The van der Waals surface area contributed by atoms with E-state index in [1.54, 1.807) is 29.6 Å². The molecule has 154 valence electrons. The fraction of sp³-hybridized carbons (Fsp3) is 0.261. The summed E-state index contributed by atoms with van der Waals surface area (Å²) in [6, 6.07) is 11.4. The van der Waals surface area contributed by atoms with Crippen LogP contribution in [0, 0.1) is 11.6 Å². The Morgan fingerprint density at radius 2 is 1.87 bits per heavy atom. The largest absolute Gasteiger partial charge is 0.470 e. The summed E-state index contributed by atoms with van der Waals surface area (Å²) in [6.07, 6.45) is 4.34. The van der Waals surface area contributed by atoms with E-state index in [-0.39, 0.29) is 5.91 Å². The number of benzene rings is 2. The van der Waals surface area contributed by atoms with Gasteiger partial charge in [0.1, 0.15) is 6.26 Å². The third kappa shape index (κ3) is 2.97. The van der Waals surface area contributed by atoms with E-state index in [0.29, 0.717) is 43.9 Å². The van der Waals surface area contributed by atoms with Crippen molar-refractivity contribution in [3.8, 4) is 0 Å². The van der Waals surface area contributed by atoms with Crippen molar-refractivity contribution in [2.75, 3.05) is 23.4 Å². The summed E-state index contributed by atoms with van der Waals surface area (Å²) in [5.74, 6) is -1.71. The van der Waals surface area contributed by atoms with Crippen molar-refractivity contribution in [2.45, 2.75) is 24.8 Å². The van der Waals surface area contributed by atoms with Gasteiger partial charge in [-0.1, -0.05) is 6.07 Å². The topological polar surface area (TPSA) is 54.7 Å². The molecule has 0 radical (unpaired) electrons. The smallest absolute Gasteiger partial charge is 0.242 e. The van der Waals surface area contributed by atoms with Crippen LogP contribution in [0.1, 0.15) is 24.0 Å². The van der Waals surface area contributed by atoms with Crippen molar-refractivity contribution in [3.63, 3.8) is 0 Å². The Morgan fingerprint density at radius 1 is 1.03 bits per heavy atom. The number of carbonyl (C=O) groups is 1. The molecule has 5 nitrogen and oxygen atoms in total. The van der Waals surface area contributed by atoms with Gasteiger partial charge in [0.15, 0.2) is 11.6 Å². The molecule has 2 aliphatic heterocycles. The first-order valence-corrected chi connectivity index (χ1v) is 9.85. The van der Waals surface area contributed by atoms with Gasteiger partial charge in [-0.25, -0.2) is 8.78 Å². The molecule has 0 atom stereocenters. The first-order valence-electron chi connectivity index (χ1n) is 9.85. The molecule has 0 aliphatic carbocycles. The summed E-state index contributed by atoms with van der Waals surface area (Å²) in [4.78, 5) is 15.2. The molecule has 3 heterocycles. The van der Waals surface area contributed by atoms with E-state index in [0.717, 1.165) is 23.0 Å². The molecular weight excluding hydrogens is 390 g/mol. The van der Waals surface area contributed by atoms with Gasteiger partial charge in [0, 0.05) is 31.5 Å². The summed E-state index contributed by atoms with van der Waals surface area (Å²) in [5.41, 5.74) is 3.29. The number of ether oxygens (including phenoxy) is 1. The molecule has 2 aromatic carbocycles. The SMILES string of the molecule is O=C1N(c2ccoc2)c2ccc(NCc3ccc(F)c(F)c3)cc2C12CCOCC2. The molecule has 30 heavy (non-hydrogen) atoms. The Kier molecular flexibility index (Phi) is 4.55. The fourth-order valence-electron chi connectivity index (χ4n) is 4.36. The average Bonchev–Trinajstić information content (AvgIpc) is 3.36. The molecule has 1 saturated heterocycles. The van der Waals surface area contributed by atoms with E-state index in [1.807, 2.05) is 18.2 Å². The lowest BCUT2D eigenvalue weighted by atomic mass is 9.75. The van der Waals surface area contributed by atoms with Crippen LogP contribution in [-0.2, 0) is 21.5 Å². The first-order chi connectivity index (χ1) is 14.6. The van der Waals surface area contributed by atoms with Gasteiger partial charge >= 0.3 is 0 Å². The van der Waals surface area contributed by atoms with Crippen LogP contribution < -0.4 is 10.2 Å². The second kappa shape index (κ2) is 7.25. The standard InChI is InChI=1S/C23H20F2N2O3/c24-19-3-1-15(11-20(19)25)13-26-16-2-4-21-18(12-16)23(6-9-29-10-7-23)22(28)27(21)17-5-8-30-14-17/h1-5,8,11-12,14,26H,6-7,9-10,13H2. The van der Waals surface area contributed by atoms with Gasteiger partial charge in [-0.15, -0.1) is 0 Å². The summed E-state index contributed by atoms with van der Waals surface area (Å²) in [5, 5.41) is 3.26. The van der Waals surface area contributed by atoms with Crippen molar-refractivity contribution in [3.05, 3.63) is 77.8 Å². The van der Waals surface area contributed by atoms with E-state index >= 15 is 0 Å². The number of nitrogens with zero attached hydrogens (tertiary/aromatic N) is 1. The predicted octanol–water partition coefficient (Wildman–Crippen LogP) is 4.90. The molecule has 0 saturated carbocycles. The molecule has 1 spiro atoms. The van der Waals surface area contributed by atoms with Gasteiger partial charge in [0.05, 0.1) is 23.1 Å². The van der Waals surface area contributed by atoms with Crippen LogP contribution in [0.25, 0.3) is 0 Å². The summed E-state index contributed by atoms with van der Waals surface area (Å²) < 4.78 is 37.4. The minimum atomic E-state index is -0.870. The Morgan fingerprint density at radius 3 is 2.60 bits per heavy atom. The maximum absolute atomic E-state index is 13.5. The molecule has 0 unspecified atom stereocenters. The molecule has 7 heteroatoms. The van der Waals surface area contributed by atoms with Crippen LogP contribution in [0.2, 0.25) is 0 Å². The van der Waals surface area contributed by atoms with Gasteiger partial charge in [0.25, 0.3) is 0 Å². The van der Waals surface area contributed by atoms with Crippen LogP contribution in [0.4, 0.5) is 25.8 Å². The number of hydrogen-bond acceptors (Lipinski definition) is 4. The third-order valence-electron chi connectivity index (χ3n) is 5.96. The summed E-state index contributed by atoms with van der Waals surface area (Å²) in [6.45, 7) is 1.39. The number of carbonyl (C=O) groups excluding carboxylic acids is 1. The highest BCUT2D eigenvalue weighted by molar-refractivity contribution is 6.13. The van der Waals surface area contributed by atoms with E-state index in [2.05, 4.69) is 5.32 Å². The Bertz CT molecular complexity index is 1090. The fourth-order valence-corrected chi connectivity index (χ4v) is 4.36. The van der Waals surface area contributed by atoms with Gasteiger partial charge in [-0.3, -0.25) is 9.69 Å². The van der Waals surface area contributed by atoms with Crippen molar-refractivity contribution in [1.29, 1.82) is 0 Å². The Labute approximate surface area is 172 Å². The van der Waals surface area contributed by atoms with Crippen molar-refractivity contribution < 1.29 is 22.7 Å². The molecule has 2 aliphatic rings. The highest BCUT2D eigenvalue weighted by Gasteiger charge is 2.52. The zero-order chi connectivity index (χ0) is 20.7. The van der Waals surface area contributed by atoms with E-state index in [9.17, 15) is 13.6 Å². The number of furan rings is 1. The zero-order valence-corrected chi connectivity index (χ0v) is 16.2. The van der Waals surface area contributed by atoms with Gasteiger partial charge < -0.3 is 14.5 Å². The minimum absolute atomic E-state index is 0.0277. The van der Waals surface area contributed by atoms with Crippen LogP contribution in [0.15, 0.2) is 59.4 Å². The zero-order valence-electron chi connectivity index (χ0n) is 16.2. The molecule has 1 amide bonds. The Balaban J connectivity index is 1.49. The van der Waals surface area contributed by atoms with E-state index < -0.39 is 17.0 Å². The molecule has 1 N–H and O–H groups in total. The van der Waals surface area contributed by atoms with Gasteiger partial charge in [-0.05, 0) is 54.3 Å². The number of hydrogen-bond donors (Lipinski definition) is 1. The van der Waals surface area contributed by atoms with E-state index in [4.69, 9.17) is 9.15 Å². The lowest BCUT2D eigenvalue weighted by molar-refractivity contribution is -0.125. The molecule has 1 fully saturated rings. The number of nitrogens with one attached hydrogen (secondary N) is 1. The quantitative estimate of drug-likeness (QED) is 0.665. The molecular formula is C23H20F2N2O3. The average molecular weight is 410 g/mol. The van der Waals surface area contributed by atoms with Gasteiger partial charge in [-0.2, -0.15) is 0 Å². The first kappa shape index (κ1) is 18.8. The van der Waals surface area contributed by atoms with Crippen molar-refractivity contribution in [2.24, 2.45) is 0 Å². The van der Waals surface area contributed by atoms with Crippen LogP contribution in [0.3, 0.4) is 0 Å². The normalized spacial score (nSPS) is 17.4. The maximum atomic E-state index is 13.5. The van der Waals surface area contributed by atoms with Crippen molar-refractivity contribution in [1.82, 2.24) is 0 Å². The van der Waals surface area contributed by atoms with Crippen LogP contribution >= 0.6 is 0 Å². The number of amides is 1. The highest BCUT2D eigenvalue weighted by atomic mass is 19.2. The number of anilines is 3. The monoisotopic (exact) mass is 410 g/mol. The molecule has 5 rings (SSSR count). The third-order valence-corrected chi connectivity index (χ3v) is 5.96. The molecule has 1 aromatic heterocycles. The van der Waals surface area contributed by atoms with E-state index in [1.165, 1.54) is 6.07 Å².